The molecule has 0 unspecified atom stereocenters. The van der Waals surface area contributed by atoms with E-state index in [1.54, 1.807) is 43.7 Å². The fourth-order valence-electron chi connectivity index (χ4n) is 4.24. The minimum Gasteiger partial charge on any atom is -0.497 e. The van der Waals surface area contributed by atoms with Crippen molar-refractivity contribution in [2.45, 2.75) is 33.7 Å². The van der Waals surface area contributed by atoms with Gasteiger partial charge in [0.05, 0.1) is 53.2 Å². The minimum absolute atomic E-state index is 0.211. The Labute approximate surface area is 233 Å². The van der Waals surface area contributed by atoms with Gasteiger partial charge in [-0.25, -0.2) is 9.79 Å². The second-order valence-corrected chi connectivity index (χ2v) is 10.1. The summed E-state index contributed by atoms with van der Waals surface area (Å²) in [5, 5.41) is 0. The van der Waals surface area contributed by atoms with E-state index in [0.717, 1.165) is 15.6 Å². The quantitative estimate of drug-likeness (QED) is 0.339. The molecule has 0 amide bonds. The zero-order chi connectivity index (χ0) is 27.4. The Bertz CT molecular complexity index is 1560. The van der Waals surface area contributed by atoms with Gasteiger partial charge in [-0.05, 0) is 73.5 Å². The molecule has 0 radical (unpaired) electrons. The predicted molar refractivity (Wildman–Crippen MR) is 150 cm³/mol. The molecule has 4 rings (SSSR count). The smallest absolute Gasteiger partial charge is 0.338 e. The van der Waals surface area contributed by atoms with E-state index in [2.05, 4.69) is 20.9 Å². The van der Waals surface area contributed by atoms with Gasteiger partial charge >= 0.3 is 5.97 Å². The van der Waals surface area contributed by atoms with Gasteiger partial charge in [-0.15, -0.1) is 0 Å². The number of hydrogen-bond donors (Lipinski definition) is 0. The lowest BCUT2D eigenvalue weighted by Crippen LogP contribution is -2.39. The van der Waals surface area contributed by atoms with Crippen molar-refractivity contribution in [3.05, 3.63) is 83.0 Å². The van der Waals surface area contributed by atoms with E-state index >= 15 is 0 Å². The van der Waals surface area contributed by atoms with Gasteiger partial charge in [0.15, 0.2) is 4.80 Å². The highest BCUT2D eigenvalue weighted by atomic mass is 79.9. The predicted octanol–water partition coefficient (Wildman–Crippen LogP) is 4.37. The summed E-state index contributed by atoms with van der Waals surface area (Å²) < 4.78 is 25.0. The van der Waals surface area contributed by atoms with Crippen LogP contribution in [-0.4, -0.2) is 37.5 Å². The zero-order valence-corrected chi connectivity index (χ0v) is 24.3. The maximum Gasteiger partial charge on any atom is 0.338 e. The number of allylic oxidation sites excluding steroid dienone is 1. The summed E-state index contributed by atoms with van der Waals surface area (Å²) >= 11 is 4.81. The number of fused-ring (bicyclic) bond motifs is 1. The number of halogens is 1. The Balaban J connectivity index is 1.93. The van der Waals surface area contributed by atoms with Crippen LogP contribution in [0, 0.1) is 0 Å². The zero-order valence-electron chi connectivity index (χ0n) is 21.9. The molecule has 0 spiro atoms. The van der Waals surface area contributed by atoms with Crippen LogP contribution in [0.2, 0.25) is 0 Å². The summed E-state index contributed by atoms with van der Waals surface area (Å²) in [5.41, 5.74) is 2.03. The van der Waals surface area contributed by atoms with Gasteiger partial charge in [0.25, 0.3) is 5.56 Å². The van der Waals surface area contributed by atoms with Gasteiger partial charge in [0.1, 0.15) is 17.2 Å². The highest BCUT2D eigenvalue weighted by Crippen LogP contribution is 2.34. The average Bonchev–Trinajstić information content (AvgIpc) is 3.20. The Morgan fingerprint density at radius 2 is 1.76 bits per heavy atom. The second kappa shape index (κ2) is 12.0. The Morgan fingerprint density at radius 3 is 2.39 bits per heavy atom. The van der Waals surface area contributed by atoms with Crippen LogP contribution in [0.1, 0.15) is 44.9 Å². The van der Waals surface area contributed by atoms with E-state index in [9.17, 15) is 9.59 Å². The van der Waals surface area contributed by atoms with Crippen LogP contribution in [0.4, 0.5) is 0 Å². The Kier molecular flexibility index (Phi) is 8.73. The summed E-state index contributed by atoms with van der Waals surface area (Å²) in [5.74, 6) is 1.42. The summed E-state index contributed by atoms with van der Waals surface area (Å²) in [4.78, 5) is 32.1. The van der Waals surface area contributed by atoms with E-state index in [1.807, 2.05) is 38.1 Å². The van der Waals surface area contributed by atoms with E-state index in [-0.39, 0.29) is 12.2 Å². The maximum absolute atomic E-state index is 13.9. The molecule has 2 aromatic carbocycles. The van der Waals surface area contributed by atoms with Crippen molar-refractivity contribution < 1.29 is 23.7 Å². The van der Waals surface area contributed by atoms with Crippen LogP contribution in [0.15, 0.2) is 61.9 Å². The van der Waals surface area contributed by atoms with Crippen molar-refractivity contribution in [1.82, 2.24) is 4.57 Å². The van der Waals surface area contributed by atoms with Crippen LogP contribution < -0.4 is 29.1 Å². The van der Waals surface area contributed by atoms with Crippen LogP contribution in [0.5, 0.6) is 17.2 Å². The third-order valence-corrected chi connectivity index (χ3v) is 7.50. The van der Waals surface area contributed by atoms with Gasteiger partial charge in [-0.2, -0.15) is 0 Å². The number of thiazole rings is 1. The van der Waals surface area contributed by atoms with Gasteiger partial charge in [-0.3, -0.25) is 9.36 Å². The number of benzene rings is 2. The summed E-state index contributed by atoms with van der Waals surface area (Å²) in [6.45, 7) is 8.49. The maximum atomic E-state index is 13.9. The van der Waals surface area contributed by atoms with Crippen LogP contribution >= 0.6 is 27.3 Å². The van der Waals surface area contributed by atoms with Crippen LogP contribution in [0.3, 0.4) is 0 Å². The van der Waals surface area contributed by atoms with Crippen molar-refractivity contribution in [2.24, 2.45) is 4.99 Å². The first kappa shape index (κ1) is 27.7. The molecule has 3 aromatic rings. The van der Waals surface area contributed by atoms with Crippen molar-refractivity contribution >= 4 is 39.3 Å². The minimum atomic E-state index is -0.697. The van der Waals surface area contributed by atoms with E-state index in [0.29, 0.717) is 51.1 Å². The first-order valence-electron chi connectivity index (χ1n) is 12.3. The third-order valence-electron chi connectivity index (χ3n) is 5.90. The lowest BCUT2D eigenvalue weighted by Gasteiger charge is -2.24. The first-order chi connectivity index (χ1) is 18.3. The molecule has 0 saturated heterocycles. The normalized spacial score (nSPS) is 15.1. The monoisotopic (exact) mass is 600 g/mol. The van der Waals surface area contributed by atoms with Crippen molar-refractivity contribution in [2.75, 3.05) is 26.9 Å². The number of carbonyl (C=O) groups is 1. The van der Waals surface area contributed by atoms with Gasteiger partial charge in [0, 0.05) is 11.6 Å². The molecule has 38 heavy (non-hydrogen) atoms. The van der Waals surface area contributed by atoms with Crippen molar-refractivity contribution in [1.29, 1.82) is 0 Å². The summed E-state index contributed by atoms with van der Waals surface area (Å²) in [6, 6.07) is 10.3. The Morgan fingerprint density at radius 1 is 1.08 bits per heavy atom. The SMILES string of the molecule is CCOC(=O)C1=C(C)N=c2s/c(=C\c3cc(Br)c(OCC)cc3OCC)c(=O)n2[C@H]1c1ccc(OC)cc1. The number of nitrogens with zero attached hydrogens (tertiary/aromatic N) is 2. The number of hydrogen-bond acceptors (Lipinski definition) is 8. The van der Waals surface area contributed by atoms with Gasteiger partial charge < -0.3 is 18.9 Å². The fraction of sp³-hybridized carbons (Fsp3) is 0.321. The third kappa shape index (κ3) is 5.42. The van der Waals surface area contributed by atoms with E-state index < -0.39 is 12.0 Å². The van der Waals surface area contributed by atoms with Crippen LogP contribution in [-0.2, 0) is 9.53 Å². The topological polar surface area (TPSA) is 88.4 Å². The molecule has 0 N–H and O–H groups in total. The molecule has 1 aromatic heterocycles. The van der Waals surface area contributed by atoms with Crippen molar-refractivity contribution in [3.8, 4) is 17.2 Å². The molecular weight excluding hydrogens is 572 g/mol. The lowest BCUT2D eigenvalue weighted by atomic mass is 9.96. The molecule has 0 aliphatic carbocycles. The highest BCUT2D eigenvalue weighted by Gasteiger charge is 2.33. The fourth-order valence-corrected chi connectivity index (χ4v) is 5.76. The average molecular weight is 602 g/mol. The molecule has 200 valence electrons. The lowest BCUT2D eigenvalue weighted by molar-refractivity contribution is -0.139. The van der Waals surface area contributed by atoms with E-state index in [1.165, 1.54) is 11.3 Å². The number of esters is 1. The number of aromatic nitrogens is 1. The molecule has 1 atom stereocenters. The van der Waals surface area contributed by atoms with Crippen LogP contribution in [0.25, 0.3) is 6.08 Å². The molecule has 0 fully saturated rings. The molecule has 10 heteroatoms. The molecular formula is C28H29BrN2O6S. The molecule has 2 heterocycles. The Hall–Kier alpha value is -3.37. The number of carbonyl (C=O) groups excluding carboxylic acids is 1. The highest BCUT2D eigenvalue weighted by molar-refractivity contribution is 9.10. The standard InChI is InChI=1S/C28H29BrN2O6S/c1-6-35-21-15-22(36-7-2)20(29)13-18(21)14-23-26(32)31-25(17-9-11-19(34-5)12-10-17)24(27(33)37-8-3)16(4)30-28(31)38-23/h9-15,25H,6-8H2,1-5H3/b23-14-/t25-/m0/s1. The van der Waals surface area contributed by atoms with E-state index in [4.69, 9.17) is 18.9 Å². The van der Waals surface area contributed by atoms with Crippen molar-refractivity contribution in [3.63, 3.8) is 0 Å². The number of methoxy groups -OCH3 is 1. The second-order valence-electron chi connectivity index (χ2n) is 8.26. The van der Waals surface area contributed by atoms with Gasteiger partial charge in [0.2, 0.25) is 0 Å². The number of ether oxygens (including phenoxy) is 4. The molecule has 1 aliphatic heterocycles. The molecule has 8 nitrogen and oxygen atoms in total. The first-order valence-corrected chi connectivity index (χ1v) is 13.9. The molecule has 0 bridgehead atoms. The molecule has 0 saturated carbocycles. The van der Waals surface area contributed by atoms with Gasteiger partial charge in [-0.1, -0.05) is 23.5 Å². The largest absolute Gasteiger partial charge is 0.497 e. The molecule has 1 aliphatic rings. The summed E-state index contributed by atoms with van der Waals surface area (Å²) in [7, 11) is 1.59. The number of rotatable bonds is 9. The summed E-state index contributed by atoms with van der Waals surface area (Å²) in [6.07, 6.45) is 1.78.